The molecule has 5 rings (SSSR count). The summed E-state index contributed by atoms with van der Waals surface area (Å²) in [7, 11) is 1.76. The second-order valence-electron chi connectivity index (χ2n) is 9.25. The van der Waals surface area contributed by atoms with Crippen molar-refractivity contribution in [1.29, 1.82) is 0 Å². The number of amides is 2. The lowest BCUT2D eigenvalue weighted by Gasteiger charge is -2.27. The van der Waals surface area contributed by atoms with E-state index < -0.39 is 17.4 Å². The van der Waals surface area contributed by atoms with Crippen LogP contribution in [-0.4, -0.2) is 57.1 Å². The quantitative estimate of drug-likeness (QED) is 0.753. The molecule has 1 spiro atoms. The van der Waals surface area contributed by atoms with E-state index in [9.17, 15) is 9.59 Å². The summed E-state index contributed by atoms with van der Waals surface area (Å²) >= 11 is 0. The van der Waals surface area contributed by atoms with Crippen LogP contribution < -0.4 is 0 Å². The summed E-state index contributed by atoms with van der Waals surface area (Å²) in [4.78, 5) is 30.3. The highest BCUT2D eigenvalue weighted by Crippen LogP contribution is 2.52. The van der Waals surface area contributed by atoms with Crippen molar-refractivity contribution in [2.45, 2.75) is 45.6 Å². The lowest BCUT2D eigenvalue weighted by atomic mass is 9.76. The summed E-state index contributed by atoms with van der Waals surface area (Å²) < 4.78 is 6.26. The molecule has 3 aliphatic rings. The molecule has 3 aliphatic heterocycles. The SMILES string of the molecule is Cc1cc(CN(C)C(=O)[C@H]2[C@@H]3C=C[C@@]4(CN(Cc5ccc(C)c(C)c5)C(=O)[C@@H]24)O3)n[nH]1. The van der Waals surface area contributed by atoms with Gasteiger partial charge >= 0.3 is 0 Å². The van der Waals surface area contributed by atoms with Crippen molar-refractivity contribution >= 4 is 11.8 Å². The molecule has 7 heteroatoms. The minimum absolute atomic E-state index is 0.00689. The first-order chi connectivity index (χ1) is 14.8. The van der Waals surface area contributed by atoms with Gasteiger partial charge < -0.3 is 14.5 Å². The molecule has 0 aliphatic carbocycles. The van der Waals surface area contributed by atoms with Crippen molar-refractivity contribution in [2.75, 3.05) is 13.6 Å². The molecule has 162 valence electrons. The largest absolute Gasteiger partial charge is 0.360 e. The van der Waals surface area contributed by atoms with Crippen LogP contribution in [0, 0.1) is 32.6 Å². The number of fused-ring (bicyclic) bond motifs is 1. The number of aryl methyl sites for hydroxylation is 3. The molecule has 4 heterocycles. The Morgan fingerprint density at radius 1 is 1.29 bits per heavy atom. The van der Waals surface area contributed by atoms with Gasteiger partial charge in [-0.05, 0) is 43.5 Å². The Bertz CT molecular complexity index is 1090. The van der Waals surface area contributed by atoms with E-state index >= 15 is 0 Å². The molecular weight excluding hydrogens is 392 g/mol. The summed E-state index contributed by atoms with van der Waals surface area (Å²) in [6.07, 6.45) is 3.62. The van der Waals surface area contributed by atoms with Gasteiger partial charge in [0.1, 0.15) is 5.60 Å². The Hall–Kier alpha value is -2.93. The molecule has 1 N–H and O–H groups in total. The first-order valence-electron chi connectivity index (χ1n) is 10.8. The van der Waals surface area contributed by atoms with E-state index in [-0.39, 0.29) is 17.9 Å². The van der Waals surface area contributed by atoms with E-state index in [1.807, 2.05) is 30.0 Å². The number of ether oxygens (including phenoxy) is 1. The number of carbonyl (C=O) groups excluding carboxylic acids is 2. The maximum absolute atomic E-state index is 13.5. The van der Waals surface area contributed by atoms with Gasteiger partial charge in [0.05, 0.1) is 36.7 Å². The molecule has 2 saturated heterocycles. The molecule has 0 unspecified atom stereocenters. The third kappa shape index (κ3) is 3.19. The van der Waals surface area contributed by atoms with E-state index in [2.05, 4.69) is 42.2 Å². The Balaban J connectivity index is 1.35. The van der Waals surface area contributed by atoms with Crippen LogP contribution in [0.2, 0.25) is 0 Å². The molecule has 2 fully saturated rings. The molecule has 2 bridgehead atoms. The monoisotopic (exact) mass is 420 g/mol. The second-order valence-corrected chi connectivity index (χ2v) is 9.25. The number of carbonyl (C=O) groups is 2. The smallest absolute Gasteiger partial charge is 0.230 e. The van der Waals surface area contributed by atoms with Gasteiger partial charge in [-0.15, -0.1) is 0 Å². The van der Waals surface area contributed by atoms with Crippen molar-refractivity contribution in [1.82, 2.24) is 20.0 Å². The van der Waals surface area contributed by atoms with E-state index in [1.54, 1.807) is 11.9 Å². The van der Waals surface area contributed by atoms with Gasteiger partial charge in [-0.2, -0.15) is 5.10 Å². The van der Waals surface area contributed by atoms with Crippen LogP contribution in [0.15, 0.2) is 36.4 Å². The summed E-state index contributed by atoms with van der Waals surface area (Å²) in [5, 5.41) is 7.13. The molecule has 31 heavy (non-hydrogen) atoms. The highest BCUT2D eigenvalue weighted by atomic mass is 16.5. The Morgan fingerprint density at radius 2 is 2.10 bits per heavy atom. The van der Waals surface area contributed by atoms with Gasteiger partial charge in [0.25, 0.3) is 0 Å². The van der Waals surface area contributed by atoms with E-state index in [0.29, 0.717) is 19.6 Å². The van der Waals surface area contributed by atoms with Crippen LogP contribution in [-0.2, 0) is 27.4 Å². The van der Waals surface area contributed by atoms with E-state index in [4.69, 9.17) is 4.74 Å². The summed E-state index contributed by atoms with van der Waals surface area (Å²) in [5.41, 5.74) is 4.61. The summed E-state index contributed by atoms with van der Waals surface area (Å²) in [6.45, 7) is 7.51. The van der Waals surface area contributed by atoms with Gasteiger partial charge in [-0.25, -0.2) is 0 Å². The summed E-state index contributed by atoms with van der Waals surface area (Å²) in [5.74, 6) is -1.02. The van der Waals surface area contributed by atoms with Crippen LogP contribution in [0.5, 0.6) is 0 Å². The molecule has 0 radical (unpaired) electrons. The molecule has 0 saturated carbocycles. The van der Waals surface area contributed by atoms with Crippen LogP contribution in [0.3, 0.4) is 0 Å². The number of H-pyrrole nitrogens is 1. The van der Waals surface area contributed by atoms with E-state index in [0.717, 1.165) is 17.0 Å². The number of hydrogen-bond donors (Lipinski definition) is 1. The molecule has 1 aromatic heterocycles. The molecular formula is C24H28N4O3. The maximum atomic E-state index is 13.5. The van der Waals surface area contributed by atoms with Gasteiger partial charge in [0.2, 0.25) is 11.8 Å². The van der Waals surface area contributed by atoms with Crippen molar-refractivity contribution in [3.63, 3.8) is 0 Å². The number of likely N-dealkylation sites (tertiary alicyclic amines) is 1. The minimum atomic E-state index is -0.689. The number of rotatable bonds is 5. The van der Waals surface area contributed by atoms with Gasteiger partial charge in [-0.3, -0.25) is 14.7 Å². The zero-order valence-corrected chi connectivity index (χ0v) is 18.4. The minimum Gasteiger partial charge on any atom is -0.360 e. The predicted octanol–water partition coefficient (Wildman–Crippen LogP) is 2.28. The van der Waals surface area contributed by atoms with Crippen LogP contribution in [0.4, 0.5) is 0 Å². The zero-order valence-electron chi connectivity index (χ0n) is 18.4. The number of nitrogens with one attached hydrogen (secondary N) is 1. The first kappa shape index (κ1) is 20.0. The normalized spacial score (nSPS) is 28.5. The number of nitrogens with zero attached hydrogens (tertiary/aromatic N) is 3. The van der Waals surface area contributed by atoms with Gasteiger partial charge in [-0.1, -0.05) is 30.4 Å². The fraction of sp³-hybridized carbons (Fsp3) is 0.458. The topological polar surface area (TPSA) is 78.5 Å². The van der Waals surface area contributed by atoms with Gasteiger partial charge in [0.15, 0.2) is 0 Å². The highest BCUT2D eigenvalue weighted by Gasteiger charge is 2.67. The molecule has 2 amide bonds. The van der Waals surface area contributed by atoms with Crippen LogP contribution >= 0.6 is 0 Å². The molecule has 4 atom stereocenters. The van der Waals surface area contributed by atoms with Crippen molar-refractivity contribution < 1.29 is 14.3 Å². The molecule has 1 aromatic carbocycles. The third-order valence-corrected chi connectivity index (χ3v) is 6.94. The zero-order chi connectivity index (χ0) is 21.9. The fourth-order valence-electron chi connectivity index (χ4n) is 5.25. The third-order valence-electron chi connectivity index (χ3n) is 6.94. The lowest BCUT2D eigenvalue weighted by molar-refractivity contribution is -0.142. The number of benzene rings is 1. The maximum Gasteiger partial charge on any atom is 0.230 e. The number of aromatic amines is 1. The highest BCUT2D eigenvalue weighted by molar-refractivity contribution is 5.93. The average molecular weight is 421 g/mol. The predicted molar refractivity (Wildman–Crippen MR) is 115 cm³/mol. The Kier molecular flexibility index (Phi) is 4.55. The van der Waals surface area contributed by atoms with Gasteiger partial charge in [0, 0.05) is 19.3 Å². The van der Waals surface area contributed by atoms with Crippen molar-refractivity contribution in [3.05, 3.63) is 64.5 Å². The summed E-state index contributed by atoms with van der Waals surface area (Å²) in [6, 6.07) is 8.21. The Morgan fingerprint density at radius 3 is 2.81 bits per heavy atom. The Labute approximate surface area is 182 Å². The number of aromatic nitrogens is 2. The second kappa shape index (κ2) is 7.05. The standard InChI is InChI=1S/C24H28N4O3/c1-14-5-6-17(9-15(14)2)11-28-13-24-8-7-19(31-24)20(21(24)23(28)30)22(29)27(4)12-18-10-16(3)25-26-18/h5-10,19-21H,11-13H2,1-4H3,(H,25,26)/t19-,20-,21+,24-/m0/s1. The lowest BCUT2D eigenvalue weighted by Crippen LogP contribution is -2.44. The van der Waals surface area contributed by atoms with Crippen molar-refractivity contribution in [3.8, 4) is 0 Å². The fourth-order valence-corrected chi connectivity index (χ4v) is 5.25. The van der Waals surface area contributed by atoms with Crippen LogP contribution in [0.25, 0.3) is 0 Å². The van der Waals surface area contributed by atoms with Crippen molar-refractivity contribution in [2.24, 2.45) is 11.8 Å². The van der Waals surface area contributed by atoms with E-state index in [1.165, 1.54) is 11.1 Å². The average Bonchev–Trinajstić information content (AvgIpc) is 3.46. The first-order valence-corrected chi connectivity index (χ1v) is 10.8. The van der Waals surface area contributed by atoms with Crippen LogP contribution in [0.1, 0.15) is 28.1 Å². The molecule has 7 nitrogen and oxygen atoms in total. The molecule has 2 aromatic rings. The number of hydrogen-bond acceptors (Lipinski definition) is 4.